The van der Waals surface area contributed by atoms with Gasteiger partial charge in [0.1, 0.15) is 6.04 Å². The third kappa shape index (κ3) is 8.39. The van der Waals surface area contributed by atoms with Crippen LogP contribution in [0.4, 0.5) is 0 Å². The molecule has 1 atom stereocenters. The van der Waals surface area contributed by atoms with Crippen molar-refractivity contribution in [3.8, 4) is 0 Å². The van der Waals surface area contributed by atoms with Gasteiger partial charge in [0.15, 0.2) is 0 Å². The largest absolute Gasteiger partial charge is 0.396 e. The molecule has 34 heavy (non-hydrogen) atoms. The van der Waals surface area contributed by atoms with Gasteiger partial charge in [-0.3, -0.25) is 9.59 Å². The number of hydrogen-bond donors (Lipinski definition) is 3. The number of aliphatic hydroxyl groups excluding tert-OH is 1. The first-order valence-corrected chi connectivity index (χ1v) is 13.0. The molecule has 0 saturated carbocycles. The molecule has 0 saturated heterocycles. The molecule has 2 aromatic carbocycles. The number of aliphatic hydroxyl groups is 1. The number of benzene rings is 2. The van der Waals surface area contributed by atoms with E-state index in [9.17, 15) is 18.0 Å². The van der Waals surface area contributed by atoms with E-state index < -0.39 is 16.1 Å². The highest BCUT2D eigenvalue weighted by atomic mass is 35.5. The lowest BCUT2D eigenvalue weighted by molar-refractivity contribution is -0.140. The predicted octanol–water partition coefficient (Wildman–Crippen LogP) is 2.49. The van der Waals surface area contributed by atoms with Crippen molar-refractivity contribution >= 4 is 33.4 Å². The molecule has 0 radical (unpaired) electrons. The molecule has 2 aromatic rings. The number of amides is 2. The summed E-state index contributed by atoms with van der Waals surface area (Å²) in [6, 6.07) is 12.8. The maximum atomic E-state index is 13.1. The van der Waals surface area contributed by atoms with Crippen LogP contribution in [0.25, 0.3) is 0 Å². The summed E-state index contributed by atoms with van der Waals surface area (Å²) in [6.07, 6.45) is 0.987. The van der Waals surface area contributed by atoms with Crippen LogP contribution >= 0.6 is 11.6 Å². The summed E-state index contributed by atoms with van der Waals surface area (Å²) in [6.45, 7) is 4.21. The van der Waals surface area contributed by atoms with E-state index in [2.05, 4.69) is 10.0 Å². The summed E-state index contributed by atoms with van der Waals surface area (Å²) in [7, 11) is -3.53. The Kier molecular flexibility index (Phi) is 11.0. The monoisotopic (exact) mass is 509 g/mol. The second-order valence-electron chi connectivity index (χ2n) is 7.84. The molecule has 10 heteroatoms. The standard InChI is InChI=1S/C24H32ClN3O5S/c1-3-27-34(32,33)22-12-7-19(8-13-22)9-14-23(30)28(17-20-5-10-21(25)11-6-20)18(2)24(31)26-15-4-16-29/h5-8,10-13,18,27,29H,3-4,9,14-17H2,1-2H3,(H,26,31)/t18-/m1/s1. The highest BCUT2D eigenvalue weighted by Gasteiger charge is 2.25. The van der Waals surface area contributed by atoms with Crippen molar-refractivity contribution in [2.45, 2.75) is 50.6 Å². The lowest BCUT2D eigenvalue weighted by Crippen LogP contribution is -2.47. The van der Waals surface area contributed by atoms with Gasteiger partial charge in [-0.25, -0.2) is 13.1 Å². The summed E-state index contributed by atoms with van der Waals surface area (Å²) in [5, 5.41) is 12.3. The fraction of sp³-hybridized carbons (Fsp3) is 0.417. The minimum atomic E-state index is -3.53. The molecule has 186 valence electrons. The van der Waals surface area contributed by atoms with E-state index in [0.29, 0.717) is 31.0 Å². The van der Waals surface area contributed by atoms with Crippen LogP contribution in [0, 0.1) is 0 Å². The number of nitrogens with zero attached hydrogens (tertiary/aromatic N) is 1. The van der Waals surface area contributed by atoms with Crippen LogP contribution in [-0.2, 0) is 32.6 Å². The van der Waals surface area contributed by atoms with Gasteiger partial charge in [0.25, 0.3) is 0 Å². The molecule has 0 aromatic heterocycles. The molecule has 8 nitrogen and oxygen atoms in total. The van der Waals surface area contributed by atoms with E-state index in [1.54, 1.807) is 38.1 Å². The van der Waals surface area contributed by atoms with Crippen molar-refractivity contribution in [3.63, 3.8) is 0 Å². The van der Waals surface area contributed by atoms with Gasteiger partial charge < -0.3 is 15.3 Å². The van der Waals surface area contributed by atoms with E-state index in [1.165, 1.54) is 17.0 Å². The van der Waals surface area contributed by atoms with Crippen molar-refractivity contribution < 1.29 is 23.1 Å². The van der Waals surface area contributed by atoms with Gasteiger partial charge in [0.05, 0.1) is 4.90 Å². The van der Waals surface area contributed by atoms with E-state index in [1.807, 2.05) is 12.1 Å². The summed E-state index contributed by atoms with van der Waals surface area (Å²) in [5.41, 5.74) is 1.65. The molecule has 2 rings (SSSR count). The fourth-order valence-electron chi connectivity index (χ4n) is 3.31. The highest BCUT2D eigenvalue weighted by molar-refractivity contribution is 7.89. The first kappa shape index (κ1) is 27.8. The third-order valence-corrected chi connectivity index (χ3v) is 7.08. The van der Waals surface area contributed by atoms with E-state index in [0.717, 1.165) is 11.1 Å². The van der Waals surface area contributed by atoms with Gasteiger partial charge in [-0.1, -0.05) is 42.8 Å². The molecule has 0 bridgehead atoms. The fourth-order valence-corrected chi connectivity index (χ4v) is 4.48. The Morgan fingerprint density at radius 1 is 1.06 bits per heavy atom. The number of nitrogens with one attached hydrogen (secondary N) is 2. The van der Waals surface area contributed by atoms with Crippen LogP contribution in [-0.4, -0.2) is 56.0 Å². The predicted molar refractivity (Wildman–Crippen MR) is 132 cm³/mol. The summed E-state index contributed by atoms with van der Waals surface area (Å²) in [4.78, 5) is 27.4. The molecule has 2 amide bonds. The molecule has 0 aliphatic carbocycles. The molecule has 0 aliphatic rings. The number of carbonyl (C=O) groups is 2. The Balaban J connectivity index is 2.10. The second-order valence-corrected chi connectivity index (χ2v) is 10.0. The number of aryl methyl sites for hydroxylation is 1. The maximum absolute atomic E-state index is 13.1. The minimum Gasteiger partial charge on any atom is -0.396 e. The molecule has 0 aliphatic heterocycles. The average Bonchev–Trinajstić information content (AvgIpc) is 2.82. The van der Waals surface area contributed by atoms with Crippen LogP contribution in [0.1, 0.15) is 37.8 Å². The van der Waals surface area contributed by atoms with E-state index in [-0.39, 0.29) is 36.3 Å². The lowest BCUT2D eigenvalue weighted by atomic mass is 10.1. The number of carbonyl (C=O) groups excluding carboxylic acids is 2. The Morgan fingerprint density at radius 3 is 2.26 bits per heavy atom. The minimum absolute atomic E-state index is 0.0311. The SMILES string of the molecule is CCNS(=O)(=O)c1ccc(CCC(=O)N(Cc2ccc(Cl)cc2)[C@H](C)C(=O)NCCCO)cc1. The topological polar surface area (TPSA) is 116 Å². The molecule has 0 fully saturated rings. The molecular formula is C24H32ClN3O5S. The Bertz CT molecular complexity index is 1040. The summed E-state index contributed by atoms with van der Waals surface area (Å²) >= 11 is 5.96. The number of rotatable bonds is 13. The number of halogens is 1. The molecule has 0 spiro atoms. The second kappa shape index (κ2) is 13.4. The molecular weight excluding hydrogens is 478 g/mol. The van der Waals surface area contributed by atoms with Crippen molar-refractivity contribution in [2.24, 2.45) is 0 Å². The zero-order chi connectivity index (χ0) is 25.1. The Labute approximate surface area is 206 Å². The number of sulfonamides is 1. The first-order valence-electron chi connectivity index (χ1n) is 11.2. The van der Waals surface area contributed by atoms with Crippen LogP contribution in [0.5, 0.6) is 0 Å². The van der Waals surface area contributed by atoms with Gasteiger partial charge in [-0.15, -0.1) is 0 Å². The first-order chi connectivity index (χ1) is 16.2. The van der Waals surface area contributed by atoms with E-state index in [4.69, 9.17) is 16.7 Å². The van der Waals surface area contributed by atoms with Gasteiger partial charge in [0, 0.05) is 37.7 Å². The van der Waals surface area contributed by atoms with Crippen LogP contribution in [0.15, 0.2) is 53.4 Å². The summed E-state index contributed by atoms with van der Waals surface area (Å²) in [5.74, 6) is -0.502. The van der Waals surface area contributed by atoms with Gasteiger partial charge in [-0.05, 0) is 55.2 Å². The Morgan fingerprint density at radius 2 is 1.68 bits per heavy atom. The zero-order valence-corrected chi connectivity index (χ0v) is 21.0. The normalized spacial score (nSPS) is 12.2. The Hall–Kier alpha value is -2.46. The highest BCUT2D eigenvalue weighted by Crippen LogP contribution is 2.16. The van der Waals surface area contributed by atoms with Gasteiger partial charge in [0.2, 0.25) is 21.8 Å². The zero-order valence-electron chi connectivity index (χ0n) is 19.5. The lowest BCUT2D eigenvalue weighted by Gasteiger charge is -2.29. The van der Waals surface area contributed by atoms with Crippen LogP contribution in [0.2, 0.25) is 5.02 Å². The molecule has 0 unspecified atom stereocenters. The third-order valence-electron chi connectivity index (χ3n) is 5.26. The van der Waals surface area contributed by atoms with Crippen molar-refractivity contribution in [1.82, 2.24) is 14.9 Å². The molecule has 3 N–H and O–H groups in total. The van der Waals surface area contributed by atoms with Crippen molar-refractivity contribution in [2.75, 3.05) is 19.7 Å². The van der Waals surface area contributed by atoms with Gasteiger partial charge >= 0.3 is 0 Å². The average molecular weight is 510 g/mol. The summed E-state index contributed by atoms with van der Waals surface area (Å²) < 4.78 is 26.6. The van der Waals surface area contributed by atoms with Crippen LogP contribution < -0.4 is 10.0 Å². The van der Waals surface area contributed by atoms with Crippen LogP contribution in [0.3, 0.4) is 0 Å². The van der Waals surface area contributed by atoms with Gasteiger partial charge in [-0.2, -0.15) is 0 Å². The molecule has 0 heterocycles. The smallest absolute Gasteiger partial charge is 0.242 e. The van der Waals surface area contributed by atoms with Crippen molar-refractivity contribution in [3.05, 3.63) is 64.7 Å². The quantitative estimate of drug-likeness (QED) is 0.359. The van der Waals surface area contributed by atoms with Crippen molar-refractivity contribution in [1.29, 1.82) is 0 Å². The van der Waals surface area contributed by atoms with E-state index >= 15 is 0 Å². The number of hydrogen-bond acceptors (Lipinski definition) is 5. The maximum Gasteiger partial charge on any atom is 0.242 e.